The van der Waals surface area contributed by atoms with E-state index in [1.54, 1.807) is 12.1 Å². The van der Waals surface area contributed by atoms with Crippen LogP contribution in [0.1, 0.15) is 30.1 Å². The molecule has 1 fully saturated rings. The fraction of sp³-hybridized carbons (Fsp3) is 0.368. The summed E-state index contributed by atoms with van der Waals surface area (Å²) in [7, 11) is 0. The quantitative estimate of drug-likeness (QED) is 0.674. The largest absolute Gasteiger partial charge is 0.388 e. The standard InChI is InChI=1S/C19H22N2O3/c22-19(16-6-2-1-3-7-16)17-9-11-20(12-10-17)14-15-5-4-8-18(13-15)21(23)24/h1-8,13,17,19,22H,9-12,14H2. The van der Waals surface area contributed by atoms with Crippen LogP contribution in [0.3, 0.4) is 0 Å². The second-order valence-electron chi connectivity index (χ2n) is 6.40. The Labute approximate surface area is 141 Å². The van der Waals surface area contributed by atoms with Crippen molar-refractivity contribution < 1.29 is 10.0 Å². The van der Waals surface area contributed by atoms with Gasteiger partial charge in [0.2, 0.25) is 0 Å². The highest BCUT2D eigenvalue weighted by Crippen LogP contribution is 2.31. The number of nitrogens with zero attached hydrogens (tertiary/aromatic N) is 2. The Morgan fingerprint density at radius 3 is 2.50 bits per heavy atom. The number of rotatable bonds is 5. The van der Waals surface area contributed by atoms with E-state index < -0.39 is 6.10 Å². The number of aliphatic hydroxyl groups excluding tert-OH is 1. The zero-order valence-electron chi connectivity index (χ0n) is 13.5. The van der Waals surface area contributed by atoms with E-state index in [1.807, 2.05) is 36.4 Å². The molecule has 1 aliphatic rings. The number of aliphatic hydroxyl groups is 1. The van der Waals surface area contributed by atoms with Crippen molar-refractivity contribution in [2.75, 3.05) is 13.1 Å². The van der Waals surface area contributed by atoms with Crippen LogP contribution in [0, 0.1) is 16.0 Å². The predicted octanol–water partition coefficient (Wildman–Crippen LogP) is 3.54. The highest BCUT2D eigenvalue weighted by Gasteiger charge is 2.26. The molecule has 1 N–H and O–H groups in total. The summed E-state index contributed by atoms with van der Waals surface area (Å²) in [5.41, 5.74) is 2.09. The van der Waals surface area contributed by atoms with Crippen molar-refractivity contribution in [2.45, 2.75) is 25.5 Å². The Hall–Kier alpha value is -2.24. The smallest absolute Gasteiger partial charge is 0.269 e. The van der Waals surface area contributed by atoms with Crippen molar-refractivity contribution in [1.29, 1.82) is 0 Å². The Bertz CT molecular complexity index is 682. The van der Waals surface area contributed by atoms with Gasteiger partial charge in [-0.25, -0.2) is 0 Å². The van der Waals surface area contributed by atoms with Crippen LogP contribution < -0.4 is 0 Å². The summed E-state index contributed by atoms with van der Waals surface area (Å²) in [6.45, 7) is 2.52. The van der Waals surface area contributed by atoms with E-state index in [1.165, 1.54) is 6.07 Å². The topological polar surface area (TPSA) is 66.6 Å². The average molecular weight is 326 g/mol. The van der Waals surface area contributed by atoms with E-state index in [4.69, 9.17) is 0 Å². The molecule has 5 nitrogen and oxygen atoms in total. The number of nitro benzene ring substituents is 1. The first-order valence-corrected chi connectivity index (χ1v) is 8.32. The molecule has 1 aliphatic heterocycles. The molecule has 126 valence electrons. The van der Waals surface area contributed by atoms with Crippen LogP contribution in [0.2, 0.25) is 0 Å². The summed E-state index contributed by atoms with van der Waals surface area (Å²) in [6, 6.07) is 16.6. The third kappa shape index (κ3) is 3.99. The molecule has 2 aromatic rings. The summed E-state index contributed by atoms with van der Waals surface area (Å²) in [4.78, 5) is 12.8. The summed E-state index contributed by atoms with van der Waals surface area (Å²) >= 11 is 0. The molecule has 0 bridgehead atoms. The Balaban J connectivity index is 1.55. The van der Waals surface area contributed by atoms with Gasteiger partial charge in [0.25, 0.3) is 5.69 Å². The van der Waals surface area contributed by atoms with E-state index in [0.29, 0.717) is 0 Å². The molecule has 0 saturated carbocycles. The fourth-order valence-electron chi connectivity index (χ4n) is 3.38. The summed E-state index contributed by atoms with van der Waals surface area (Å²) < 4.78 is 0. The molecule has 0 aliphatic carbocycles. The monoisotopic (exact) mass is 326 g/mol. The molecule has 24 heavy (non-hydrogen) atoms. The van der Waals surface area contributed by atoms with E-state index in [9.17, 15) is 15.2 Å². The maximum Gasteiger partial charge on any atom is 0.269 e. The van der Waals surface area contributed by atoms with Gasteiger partial charge in [-0.15, -0.1) is 0 Å². The number of piperidine rings is 1. The van der Waals surface area contributed by atoms with Crippen LogP contribution in [-0.4, -0.2) is 28.0 Å². The van der Waals surface area contributed by atoms with Crippen molar-refractivity contribution >= 4 is 5.69 Å². The average Bonchev–Trinajstić information content (AvgIpc) is 2.63. The van der Waals surface area contributed by atoms with Crippen LogP contribution in [0.5, 0.6) is 0 Å². The number of hydrogen-bond donors (Lipinski definition) is 1. The zero-order chi connectivity index (χ0) is 16.9. The summed E-state index contributed by atoms with van der Waals surface area (Å²) in [5.74, 6) is 0.272. The molecule has 0 amide bonds. The molecule has 1 unspecified atom stereocenters. The molecular formula is C19H22N2O3. The number of hydrogen-bond acceptors (Lipinski definition) is 4. The van der Waals surface area contributed by atoms with E-state index >= 15 is 0 Å². The first-order valence-electron chi connectivity index (χ1n) is 8.32. The Morgan fingerprint density at radius 1 is 1.12 bits per heavy atom. The van der Waals surface area contributed by atoms with Gasteiger partial charge in [-0.3, -0.25) is 15.0 Å². The lowest BCUT2D eigenvalue weighted by Crippen LogP contribution is -2.35. The normalized spacial score (nSPS) is 17.5. The first kappa shape index (κ1) is 16.6. The lowest BCUT2D eigenvalue weighted by molar-refractivity contribution is -0.384. The van der Waals surface area contributed by atoms with Gasteiger partial charge < -0.3 is 5.11 Å². The van der Waals surface area contributed by atoms with Gasteiger partial charge in [-0.2, -0.15) is 0 Å². The van der Waals surface area contributed by atoms with E-state index in [-0.39, 0.29) is 16.5 Å². The molecule has 5 heteroatoms. The number of benzene rings is 2. The third-order valence-corrected chi connectivity index (χ3v) is 4.75. The predicted molar refractivity (Wildman–Crippen MR) is 92.5 cm³/mol. The lowest BCUT2D eigenvalue weighted by Gasteiger charge is -2.34. The van der Waals surface area contributed by atoms with E-state index in [0.717, 1.165) is 43.6 Å². The van der Waals surface area contributed by atoms with E-state index in [2.05, 4.69) is 4.90 Å². The van der Waals surface area contributed by atoms with Crippen molar-refractivity contribution in [3.63, 3.8) is 0 Å². The van der Waals surface area contributed by atoms with Gasteiger partial charge in [0.1, 0.15) is 0 Å². The number of nitro groups is 1. The fourth-order valence-corrected chi connectivity index (χ4v) is 3.38. The molecule has 1 heterocycles. The van der Waals surface area contributed by atoms with Crippen molar-refractivity contribution in [3.05, 3.63) is 75.8 Å². The minimum atomic E-state index is -0.411. The lowest BCUT2D eigenvalue weighted by atomic mass is 9.87. The van der Waals surface area contributed by atoms with Crippen molar-refractivity contribution in [1.82, 2.24) is 4.90 Å². The van der Waals surface area contributed by atoms with Crippen LogP contribution in [0.15, 0.2) is 54.6 Å². The van der Waals surface area contributed by atoms with Crippen LogP contribution in [-0.2, 0) is 6.54 Å². The molecule has 1 atom stereocenters. The second-order valence-corrected chi connectivity index (χ2v) is 6.40. The van der Waals surface area contributed by atoms with Gasteiger partial charge in [0.15, 0.2) is 0 Å². The minimum Gasteiger partial charge on any atom is -0.388 e. The Kier molecular flexibility index (Phi) is 5.23. The molecule has 0 radical (unpaired) electrons. The molecule has 3 rings (SSSR count). The van der Waals surface area contributed by atoms with Crippen LogP contribution in [0.25, 0.3) is 0 Å². The van der Waals surface area contributed by atoms with Gasteiger partial charge in [-0.1, -0.05) is 42.5 Å². The molecule has 0 spiro atoms. The highest BCUT2D eigenvalue weighted by atomic mass is 16.6. The second kappa shape index (κ2) is 7.55. The van der Waals surface area contributed by atoms with Crippen LogP contribution in [0.4, 0.5) is 5.69 Å². The molecule has 1 saturated heterocycles. The molecule has 0 aromatic heterocycles. The summed E-state index contributed by atoms with van der Waals surface area (Å²) in [6.07, 6.45) is 1.46. The summed E-state index contributed by atoms with van der Waals surface area (Å²) in [5, 5.41) is 21.4. The molecular weight excluding hydrogens is 304 g/mol. The van der Waals surface area contributed by atoms with Crippen molar-refractivity contribution in [3.8, 4) is 0 Å². The maximum absolute atomic E-state index is 10.9. The van der Waals surface area contributed by atoms with Gasteiger partial charge in [-0.05, 0) is 43.0 Å². The van der Waals surface area contributed by atoms with Gasteiger partial charge in [0.05, 0.1) is 11.0 Å². The van der Waals surface area contributed by atoms with Crippen LogP contribution >= 0.6 is 0 Å². The Morgan fingerprint density at radius 2 is 1.83 bits per heavy atom. The first-order chi connectivity index (χ1) is 11.6. The van der Waals surface area contributed by atoms with Gasteiger partial charge >= 0.3 is 0 Å². The van der Waals surface area contributed by atoms with Crippen molar-refractivity contribution in [2.24, 2.45) is 5.92 Å². The SMILES string of the molecule is O=[N+]([O-])c1cccc(CN2CCC(C(O)c3ccccc3)CC2)c1. The zero-order valence-corrected chi connectivity index (χ0v) is 13.5. The number of non-ortho nitro benzene ring substituents is 1. The minimum absolute atomic E-state index is 0.141. The molecule has 2 aromatic carbocycles. The highest BCUT2D eigenvalue weighted by molar-refractivity contribution is 5.34. The van der Waals surface area contributed by atoms with Gasteiger partial charge in [0, 0.05) is 18.7 Å². The maximum atomic E-state index is 10.9. The third-order valence-electron chi connectivity index (χ3n) is 4.75. The number of likely N-dealkylation sites (tertiary alicyclic amines) is 1.